The summed E-state index contributed by atoms with van der Waals surface area (Å²) in [5.41, 5.74) is 1.95. The average molecular weight is 270 g/mol. The fourth-order valence-corrected chi connectivity index (χ4v) is 2.60. The predicted molar refractivity (Wildman–Crippen MR) is 77.5 cm³/mol. The number of benzene rings is 1. The number of nitrogens with zero attached hydrogens (tertiary/aromatic N) is 4. The number of hydrogen-bond donors (Lipinski definition) is 0. The highest BCUT2D eigenvalue weighted by Crippen LogP contribution is 2.28. The lowest BCUT2D eigenvalue weighted by molar-refractivity contribution is 0.0891. The second-order valence-corrected chi connectivity index (χ2v) is 4.94. The van der Waals surface area contributed by atoms with Gasteiger partial charge in [-0.05, 0) is 12.8 Å². The number of hydrogen-bond acceptors (Lipinski definition) is 5. The maximum absolute atomic E-state index is 5.48. The van der Waals surface area contributed by atoms with Crippen molar-refractivity contribution in [3.8, 4) is 11.3 Å². The summed E-state index contributed by atoms with van der Waals surface area (Å²) >= 11 is 0. The molecule has 5 nitrogen and oxygen atoms in total. The van der Waals surface area contributed by atoms with E-state index in [-0.39, 0.29) is 6.10 Å². The van der Waals surface area contributed by atoms with Gasteiger partial charge in [0.15, 0.2) is 5.82 Å². The Hall–Kier alpha value is -2.01. The third-order valence-corrected chi connectivity index (χ3v) is 3.66. The molecule has 3 rings (SSSR count). The minimum absolute atomic E-state index is 0.259. The Labute approximate surface area is 118 Å². The van der Waals surface area contributed by atoms with Crippen LogP contribution in [0, 0.1) is 0 Å². The molecule has 5 heteroatoms. The van der Waals surface area contributed by atoms with Gasteiger partial charge in [0.25, 0.3) is 0 Å². The Bertz CT molecular complexity index is 561. The molecular weight excluding hydrogens is 252 g/mol. The van der Waals surface area contributed by atoms with Gasteiger partial charge in [-0.3, -0.25) is 0 Å². The molecule has 2 aromatic rings. The van der Waals surface area contributed by atoms with E-state index in [1.165, 1.54) is 6.33 Å². The van der Waals surface area contributed by atoms with Gasteiger partial charge in [0, 0.05) is 25.8 Å². The Kier molecular flexibility index (Phi) is 3.87. The van der Waals surface area contributed by atoms with Crippen molar-refractivity contribution in [1.82, 2.24) is 15.2 Å². The first-order valence-corrected chi connectivity index (χ1v) is 6.89. The van der Waals surface area contributed by atoms with E-state index in [1.54, 1.807) is 7.11 Å². The van der Waals surface area contributed by atoms with Gasteiger partial charge in [-0.25, -0.2) is 4.98 Å². The molecule has 0 aliphatic carbocycles. The van der Waals surface area contributed by atoms with E-state index >= 15 is 0 Å². The minimum atomic E-state index is 0.259. The molecule has 1 aromatic heterocycles. The molecular formula is C15H18N4O. The van der Waals surface area contributed by atoms with Crippen LogP contribution in [0.15, 0.2) is 36.7 Å². The molecule has 0 radical (unpaired) electrons. The SMILES string of the molecule is COC1CCCN(c2nncnc2-c2ccccc2)C1. The topological polar surface area (TPSA) is 51.1 Å². The van der Waals surface area contributed by atoms with Crippen LogP contribution in [0.4, 0.5) is 5.82 Å². The third kappa shape index (κ3) is 2.63. The number of methoxy groups -OCH3 is 1. The van der Waals surface area contributed by atoms with Crippen molar-refractivity contribution >= 4 is 5.82 Å². The van der Waals surface area contributed by atoms with Crippen LogP contribution in [0.3, 0.4) is 0 Å². The number of piperidine rings is 1. The van der Waals surface area contributed by atoms with Crippen LogP contribution in [0.2, 0.25) is 0 Å². The monoisotopic (exact) mass is 270 g/mol. The molecule has 1 saturated heterocycles. The molecule has 0 spiro atoms. The fraction of sp³-hybridized carbons (Fsp3) is 0.400. The van der Waals surface area contributed by atoms with E-state index < -0.39 is 0 Å². The van der Waals surface area contributed by atoms with Crippen LogP contribution in [-0.4, -0.2) is 41.5 Å². The van der Waals surface area contributed by atoms with Gasteiger partial charge in [-0.15, -0.1) is 10.2 Å². The molecule has 20 heavy (non-hydrogen) atoms. The van der Waals surface area contributed by atoms with Crippen molar-refractivity contribution in [3.05, 3.63) is 36.7 Å². The van der Waals surface area contributed by atoms with Gasteiger partial charge in [0.05, 0.1) is 6.10 Å². The average Bonchev–Trinajstić information content (AvgIpc) is 2.56. The highest BCUT2D eigenvalue weighted by molar-refractivity contribution is 5.71. The lowest BCUT2D eigenvalue weighted by Crippen LogP contribution is -2.40. The molecule has 1 aromatic carbocycles. The Morgan fingerprint density at radius 3 is 2.90 bits per heavy atom. The number of anilines is 1. The summed E-state index contributed by atoms with van der Waals surface area (Å²) in [5.74, 6) is 0.848. The summed E-state index contributed by atoms with van der Waals surface area (Å²) in [6.45, 7) is 1.82. The number of aromatic nitrogens is 3. The summed E-state index contributed by atoms with van der Waals surface area (Å²) in [5, 5.41) is 8.26. The quantitative estimate of drug-likeness (QED) is 0.855. The molecule has 0 N–H and O–H groups in total. The van der Waals surface area contributed by atoms with E-state index in [0.717, 1.165) is 43.0 Å². The van der Waals surface area contributed by atoms with Crippen molar-refractivity contribution in [1.29, 1.82) is 0 Å². The van der Waals surface area contributed by atoms with Crippen LogP contribution in [-0.2, 0) is 4.74 Å². The molecule has 0 saturated carbocycles. The van der Waals surface area contributed by atoms with Crippen LogP contribution >= 0.6 is 0 Å². The van der Waals surface area contributed by atoms with Gasteiger partial charge in [0.1, 0.15) is 12.0 Å². The largest absolute Gasteiger partial charge is 0.380 e. The Morgan fingerprint density at radius 1 is 1.25 bits per heavy atom. The first kappa shape index (κ1) is 13.0. The molecule has 1 unspecified atom stereocenters. The molecule has 1 aliphatic rings. The summed E-state index contributed by atoms with van der Waals surface area (Å²) < 4.78 is 5.48. The van der Waals surface area contributed by atoms with E-state index in [4.69, 9.17) is 4.74 Å². The molecule has 104 valence electrons. The lowest BCUT2D eigenvalue weighted by atomic mass is 10.1. The van der Waals surface area contributed by atoms with Crippen molar-refractivity contribution in [2.24, 2.45) is 0 Å². The third-order valence-electron chi connectivity index (χ3n) is 3.66. The maximum atomic E-state index is 5.48. The normalized spacial score (nSPS) is 19.1. The molecule has 0 bridgehead atoms. The van der Waals surface area contributed by atoms with Gasteiger partial charge in [-0.2, -0.15) is 0 Å². The van der Waals surface area contributed by atoms with Crippen LogP contribution in [0.5, 0.6) is 0 Å². The van der Waals surface area contributed by atoms with E-state index in [2.05, 4.69) is 20.1 Å². The van der Waals surface area contributed by atoms with Gasteiger partial charge in [-0.1, -0.05) is 30.3 Å². The standard InChI is InChI=1S/C15H18N4O/c1-20-13-8-5-9-19(10-13)15-14(16-11-17-18-15)12-6-3-2-4-7-12/h2-4,6-7,11,13H,5,8-10H2,1H3. The van der Waals surface area contributed by atoms with Gasteiger partial charge < -0.3 is 9.64 Å². The van der Waals surface area contributed by atoms with Crippen LogP contribution in [0.1, 0.15) is 12.8 Å². The molecule has 1 fully saturated rings. The highest BCUT2D eigenvalue weighted by Gasteiger charge is 2.23. The first-order chi connectivity index (χ1) is 9.88. The van der Waals surface area contributed by atoms with E-state index in [1.807, 2.05) is 30.3 Å². The summed E-state index contributed by atoms with van der Waals surface area (Å²) in [4.78, 5) is 6.64. The van der Waals surface area contributed by atoms with Crippen molar-refractivity contribution in [2.45, 2.75) is 18.9 Å². The summed E-state index contributed by atoms with van der Waals surface area (Å²) in [6, 6.07) is 10.1. The molecule has 1 aliphatic heterocycles. The van der Waals surface area contributed by atoms with Gasteiger partial charge >= 0.3 is 0 Å². The van der Waals surface area contributed by atoms with Crippen LogP contribution < -0.4 is 4.90 Å². The maximum Gasteiger partial charge on any atom is 0.178 e. The van der Waals surface area contributed by atoms with Crippen molar-refractivity contribution in [3.63, 3.8) is 0 Å². The summed E-state index contributed by atoms with van der Waals surface area (Å²) in [7, 11) is 1.77. The van der Waals surface area contributed by atoms with Crippen molar-refractivity contribution in [2.75, 3.05) is 25.1 Å². The van der Waals surface area contributed by atoms with Crippen molar-refractivity contribution < 1.29 is 4.74 Å². The zero-order valence-corrected chi connectivity index (χ0v) is 11.6. The number of rotatable bonds is 3. The lowest BCUT2D eigenvalue weighted by Gasteiger charge is -2.33. The minimum Gasteiger partial charge on any atom is -0.380 e. The van der Waals surface area contributed by atoms with E-state index in [9.17, 15) is 0 Å². The smallest absolute Gasteiger partial charge is 0.178 e. The van der Waals surface area contributed by atoms with Crippen LogP contribution in [0.25, 0.3) is 11.3 Å². The Balaban J connectivity index is 1.94. The first-order valence-electron chi connectivity index (χ1n) is 6.89. The molecule has 2 heterocycles. The zero-order chi connectivity index (χ0) is 13.8. The number of ether oxygens (including phenoxy) is 1. The fourth-order valence-electron chi connectivity index (χ4n) is 2.60. The van der Waals surface area contributed by atoms with E-state index in [0.29, 0.717) is 0 Å². The molecule has 0 amide bonds. The van der Waals surface area contributed by atoms with Gasteiger partial charge in [0.2, 0.25) is 0 Å². The zero-order valence-electron chi connectivity index (χ0n) is 11.6. The highest BCUT2D eigenvalue weighted by atomic mass is 16.5. The Morgan fingerprint density at radius 2 is 2.10 bits per heavy atom. The second-order valence-electron chi connectivity index (χ2n) is 4.94. The predicted octanol–water partition coefficient (Wildman–Crippen LogP) is 2.15. The second kappa shape index (κ2) is 5.96. The summed E-state index contributed by atoms with van der Waals surface area (Å²) in [6.07, 6.45) is 3.96. The molecule has 1 atom stereocenters.